The normalized spacial score (nSPS) is 10.1. The number of halogens is 2. The zero-order valence-electron chi connectivity index (χ0n) is 11.9. The molecule has 4 nitrogen and oxygen atoms in total. The largest absolute Gasteiger partial charge is 0.497 e. The summed E-state index contributed by atoms with van der Waals surface area (Å²) in [6.07, 6.45) is 0. The molecular formula is C16H15ClFNO3. The van der Waals surface area contributed by atoms with E-state index in [9.17, 15) is 9.18 Å². The molecule has 0 aliphatic heterocycles. The Hall–Kier alpha value is -2.27. The third-order valence-corrected chi connectivity index (χ3v) is 3.27. The van der Waals surface area contributed by atoms with Gasteiger partial charge in [-0.1, -0.05) is 17.7 Å². The van der Waals surface area contributed by atoms with Gasteiger partial charge in [-0.15, -0.1) is 0 Å². The third-order valence-electron chi connectivity index (χ3n) is 2.92. The molecule has 1 amide bonds. The Balaban J connectivity index is 1.81. The zero-order chi connectivity index (χ0) is 15.9. The van der Waals surface area contributed by atoms with E-state index >= 15 is 0 Å². The summed E-state index contributed by atoms with van der Waals surface area (Å²) in [5.41, 5.74) is 0.776. The van der Waals surface area contributed by atoms with E-state index in [1.165, 1.54) is 24.3 Å². The lowest BCUT2D eigenvalue weighted by molar-refractivity contribution is -0.123. The topological polar surface area (TPSA) is 47.6 Å². The number of methoxy groups -OCH3 is 1. The molecule has 0 aliphatic carbocycles. The van der Waals surface area contributed by atoms with Crippen LogP contribution in [0.4, 0.5) is 4.39 Å². The van der Waals surface area contributed by atoms with Gasteiger partial charge in [0.1, 0.15) is 17.3 Å². The van der Waals surface area contributed by atoms with Crippen LogP contribution in [-0.4, -0.2) is 19.6 Å². The third kappa shape index (κ3) is 4.63. The second kappa shape index (κ2) is 7.66. The number of amides is 1. The predicted octanol–water partition coefficient (Wildman–Crippen LogP) is 3.18. The molecule has 0 atom stereocenters. The molecule has 116 valence electrons. The van der Waals surface area contributed by atoms with Gasteiger partial charge in [-0.3, -0.25) is 4.79 Å². The minimum Gasteiger partial charge on any atom is -0.497 e. The number of carbonyl (C=O) groups is 1. The monoisotopic (exact) mass is 323 g/mol. The van der Waals surface area contributed by atoms with E-state index in [0.717, 1.165) is 5.56 Å². The van der Waals surface area contributed by atoms with Crippen molar-refractivity contribution in [2.24, 2.45) is 0 Å². The second-order valence-corrected chi connectivity index (χ2v) is 4.88. The molecule has 0 unspecified atom stereocenters. The van der Waals surface area contributed by atoms with E-state index in [1.54, 1.807) is 25.3 Å². The summed E-state index contributed by atoms with van der Waals surface area (Å²) >= 11 is 6.08. The zero-order valence-corrected chi connectivity index (χ0v) is 12.7. The summed E-state index contributed by atoms with van der Waals surface area (Å²) in [5.74, 6) is 0.431. The molecule has 2 aromatic rings. The first-order valence-corrected chi connectivity index (χ1v) is 6.94. The molecule has 22 heavy (non-hydrogen) atoms. The molecule has 0 saturated heterocycles. The van der Waals surface area contributed by atoms with Crippen LogP contribution >= 0.6 is 11.6 Å². The molecule has 0 radical (unpaired) electrons. The SMILES string of the molecule is COc1ccc(CNC(=O)COc2ccc(F)cc2)c(Cl)c1. The van der Waals surface area contributed by atoms with Gasteiger partial charge in [0.25, 0.3) is 5.91 Å². The maximum absolute atomic E-state index is 12.7. The van der Waals surface area contributed by atoms with Gasteiger partial charge in [0, 0.05) is 11.6 Å². The maximum atomic E-state index is 12.7. The van der Waals surface area contributed by atoms with Crippen LogP contribution in [0.2, 0.25) is 5.02 Å². The van der Waals surface area contributed by atoms with Crippen LogP contribution in [0.1, 0.15) is 5.56 Å². The van der Waals surface area contributed by atoms with E-state index in [0.29, 0.717) is 16.5 Å². The van der Waals surface area contributed by atoms with Crippen LogP contribution < -0.4 is 14.8 Å². The van der Waals surface area contributed by atoms with Gasteiger partial charge in [0.2, 0.25) is 0 Å². The van der Waals surface area contributed by atoms with Crippen molar-refractivity contribution in [1.29, 1.82) is 0 Å². The van der Waals surface area contributed by atoms with Crippen molar-refractivity contribution in [3.8, 4) is 11.5 Å². The Bertz CT molecular complexity index is 646. The molecule has 2 rings (SSSR count). The van der Waals surface area contributed by atoms with E-state index in [4.69, 9.17) is 21.1 Å². The Morgan fingerprint density at radius 1 is 1.18 bits per heavy atom. The standard InChI is InChI=1S/C16H15ClFNO3/c1-21-14-5-2-11(15(17)8-14)9-19-16(20)10-22-13-6-3-12(18)4-7-13/h2-8H,9-10H2,1H3,(H,19,20). The Morgan fingerprint density at radius 3 is 2.50 bits per heavy atom. The van der Waals surface area contributed by atoms with Crippen molar-refractivity contribution in [3.63, 3.8) is 0 Å². The number of hydrogen-bond acceptors (Lipinski definition) is 3. The molecule has 2 aromatic carbocycles. The summed E-state index contributed by atoms with van der Waals surface area (Å²) in [7, 11) is 1.56. The number of rotatable bonds is 6. The lowest BCUT2D eigenvalue weighted by Gasteiger charge is -2.09. The molecule has 0 fully saturated rings. The first-order valence-electron chi connectivity index (χ1n) is 6.56. The Kier molecular flexibility index (Phi) is 5.61. The molecule has 0 spiro atoms. The first kappa shape index (κ1) is 16.1. The molecule has 0 heterocycles. The average Bonchev–Trinajstić information content (AvgIpc) is 2.53. The summed E-state index contributed by atoms with van der Waals surface area (Å²) in [6.45, 7) is 0.133. The van der Waals surface area contributed by atoms with E-state index in [1.807, 2.05) is 0 Å². The minimum absolute atomic E-state index is 0.153. The lowest BCUT2D eigenvalue weighted by Crippen LogP contribution is -2.28. The van der Waals surface area contributed by atoms with Crippen molar-refractivity contribution in [2.75, 3.05) is 13.7 Å². The molecule has 0 bridgehead atoms. The van der Waals surface area contributed by atoms with Crippen LogP contribution in [-0.2, 0) is 11.3 Å². The van der Waals surface area contributed by atoms with Crippen LogP contribution in [0, 0.1) is 5.82 Å². The van der Waals surface area contributed by atoms with E-state index in [-0.39, 0.29) is 24.9 Å². The van der Waals surface area contributed by atoms with Crippen molar-refractivity contribution < 1.29 is 18.7 Å². The summed E-state index contributed by atoms with van der Waals surface area (Å²) < 4.78 is 23.0. The van der Waals surface area contributed by atoms with Crippen LogP contribution in [0.15, 0.2) is 42.5 Å². The fraction of sp³-hybridized carbons (Fsp3) is 0.188. The number of hydrogen-bond donors (Lipinski definition) is 1. The van der Waals surface area contributed by atoms with E-state index in [2.05, 4.69) is 5.32 Å². The summed E-state index contributed by atoms with van der Waals surface area (Å²) in [5, 5.41) is 3.21. The first-order chi connectivity index (χ1) is 10.6. The molecular weight excluding hydrogens is 309 g/mol. The van der Waals surface area contributed by atoms with Gasteiger partial charge in [-0.2, -0.15) is 0 Å². The van der Waals surface area contributed by atoms with Crippen molar-refractivity contribution in [2.45, 2.75) is 6.54 Å². The van der Waals surface area contributed by atoms with Gasteiger partial charge in [-0.05, 0) is 42.0 Å². The molecule has 0 saturated carbocycles. The van der Waals surface area contributed by atoms with Crippen molar-refractivity contribution >= 4 is 17.5 Å². The highest BCUT2D eigenvalue weighted by molar-refractivity contribution is 6.31. The fourth-order valence-electron chi connectivity index (χ4n) is 1.72. The number of carbonyl (C=O) groups excluding carboxylic acids is 1. The quantitative estimate of drug-likeness (QED) is 0.888. The van der Waals surface area contributed by atoms with Crippen LogP contribution in [0.25, 0.3) is 0 Å². The van der Waals surface area contributed by atoms with Crippen LogP contribution in [0.3, 0.4) is 0 Å². The number of ether oxygens (including phenoxy) is 2. The average molecular weight is 324 g/mol. The molecule has 0 aromatic heterocycles. The molecule has 1 N–H and O–H groups in total. The number of nitrogens with one attached hydrogen (secondary N) is 1. The van der Waals surface area contributed by atoms with Crippen molar-refractivity contribution in [1.82, 2.24) is 5.32 Å². The highest BCUT2D eigenvalue weighted by atomic mass is 35.5. The summed E-state index contributed by atoms with van der Waals surface area (Å²) in [4.78, 5) is 11.7. The Labute approximate surface area is 132 Å². The van der Waals surface area contributed by atoms with Crippen LogP contribution in [0.5, 0.6) is 11.5 Å². The second-order valence-electron chi connectivity index (χ2n) is 4.48. The van der Waals surface area contributed by atoms with Gasteiger partial charge in [0.05, 0.1) is 7.11 Å². The van der Waals surface area contributed by atoms with Gasteiger partial charge in [-0.25, -0.2) is 4.39 Å². The molecule has 6 heteroatoms. The van der Waals surface area contributed by atoms with Gasteiger partial charge < -0.3 is 14.8 Å². The Morgan fingerprint density at radius 2 is 1.86 bits per heavy atom. The molecule has 0 aliphatic rings. The predicted molar refractivity (Wildman–Crippen MR) is 81.7 cm³/mol. The minimum atomic E-state index is -0.356. The lowest BCUT2D eigenvalue weighted by atomic mass is 10.2. The highest BCUT2D eigenvalue weighted by Crippen LogP contribution is 2.22. The van der Waals surface area contributed by atoms with Gasteiger partial charge >= 0.3 is 0 Å². The highest BCUT2D eigenvalue weighted by Gasteiger charge is 2.06. The van der Waals surface area contributed by atoms with E-state index < -0.39 is 0 Å². The van der Waals surface area contributed by atoms with Gasteiger partial charge in [0.15, 0.2) is 6.61 Å². The van der Waals surface area contributed by atoms with Crippen molar-refractivity contribution in [3.05, 3.63) is 58.9 Å². The maximum Gasteiger partial charge on any atom is 0.258 e. The number of benzene rings is 2. The fourth-order valence-corrected chi connectivity index (χ4v) is 1.96. The smallest absolute Gasteiger partial charge is 0.258 e. The summed E-state index contributed by atoms with van der Waals surface area (Å²) in [6, 6.07) is 10.7.